The van der Waals surface area contributed by atoms with Gasteiger partial charge in [-0.15, -0.1) is 0 Å². The second-order valence-electron chi connectivity index (χ2n) is 8.06. The molecular formula is C19H31NO9. The Kier molecular flexibility index (Phi) is 7.82. The number of aliphatic hydroxyl groups is 6. The molecule has 1 aromatic rings. The van der Waals surface area contributed by atoms with Gasteiger partial charge in [0.2, 0.25) is 0 Å². The highest BCUT2D eigenvalue weighted by Crippen LogP contribution is 2.31. The molecule has 2 rings (SSSR count). The maximum atomic E-state index is 10.4. The van der Waals surface area contributed by atoms with E-state index in [-0.39, 0.29) is 17.9 Å². The molecule has 1 unspecified atom stereocenters. The van der Waals surface area contributed by atoms with Crippen LogP contribution in [-0.2, 0) is 4.74 Å². The number of aliphatic hydroxyl groups excluding tert-OH is 5. The molecule has 10 nitrogen and oxygen atoms in total. The fraction of sp³-hybridized carbons (Fsp3) is 0.684. The van der Waals surface area contributed by atoms with Gasteiger partial charge in [0.1, 0.15) is 42.5 Å². The number of rotatable bonds is 8. The van der Waals surface area contributed by atoms with Gasteiger partial charge in [0.25, 0.3) is 0 Å². The molecule has 29 heavy (non-hydrogen) atoms. The standard InChI is InChI=1S/C19H31NO9/c1-18(2,3)20-8-11(22)10-27-12-4-6-13(7-5-12)28-19(26)17(25)16(24)15(23)14(9-21)29-19/h4-7,11,14-17,20-26H,8-10H2,1-3H3/t11?,14-,15-,16+,17-,19+/m1/s1. The minimum Gasteiger partial charge on any atom is -0.491 e. The van der Waals surface area contributed by atoms with Gasteiger partial charge in [-0.3, -0.25) is 0 Å². The monoisotopic (exact) mass is 417 g/mol. The Morgan fingerprint density at radius 1 is 1.10 bits per heavy atom. The lowest BCUT2D eigenvalue weighted by Gasteiger charge is -2.44. The van der Waals surface area contributed by atoms with E-state index >= 15 is 0 Å². The van der Waals surface area contributed by atoms with Crippen molar-refractivity contribution >= 4 is 0 Å². The summed E-state index contributed by atoms with van der Waals surface area (Å²) in [5, 5.41) is 62.3. The van der Waals surface area contributed by atoms with E-state index in [4.69, 9.17) is 14.2 Å². The number of hydrogen-bond acceptors (Lipinski definition) is 10. The van der Waals surface area contributed by atoms with Gasteiger partial charge in [-0.05, 0) is 45.0 Å². The lowest BCUT2D eigenvalue weighted by molar-refractivity contribution is -0.422. The Morgan fingerprint density at radius 3 is 2.24 bits per heavy atom. The molecule has 0 bridgehead atoms. The average Bonchev–Trinajstić information content (AvgIpc) is 2.66. The van der Waals surface area contributed by atoms with Crippen LogP contribution in [0.25, 0.3) is 0 Å². The molecule has 1 aliphatic heterocycles. The molecule has 0 aromatic heterocycles. The molecule has 1 aromatic carbocycles. The van der Waals surface area contributed by atoms with Gasteiger partial charge in [0.15, 0.2) is 6.10 Å². The molecule has 1 saturated heterocycles. The van der Waals surface area contributed by atoms with Crippen LogP contribution in [-0.4, -0.2) is 92.4 Å². The van der Waals surface area contributed by atoms with Crippen LogP contribution in [0.1, 0.15) is 20.8 Å². The van der Waals surface area contributed by atoms with Crippen LogP contribution in [0.5, 0.6) is 11.5 Å². The van der Waals surface area contributed by atoms with Crippen LogP contribution < -0.4 is 14.8 Å². The van der Waals surface area contributed by atoms with Crippen molar-refractivity contribution < 1.29 is 44.8 Å². The second kappa shape index (κ2) is 9.54. The Hall–Kier alpha value is -1.50. The van der Waals surface area contributed by atoms with E-state index in [1.165, 1.54) is 24.3 Å². The van der Waals surface area contributed by atoms with E-state index < -0.39 is 43.1 Å². The van der Waals surface area contributed by atoms with Crippen LogP contribution in [0, 0.1) is 0 Å². The first kappa shape index (κ1) is 23.8. The summed E-state index contributed by atoms with van der Waals surface area (Å²) < 4.78 is 15.8. The smallest absolute Gasteiger partial charge is 0.355 e. The van der Waals surface area contributed by atoms with Crippen LogP contribution in [0.3, 0.4) is 0 Å². The molecule has 6 atom stereocenters. The minimum absolute atomic E-state index is 0.0668. The zero-order chi connectivity index (χ0) is 21.8. The Labute approximate surface area is 169 Å². The molecule has 1 aliphatic rings. The molecule has 1 heterocycles. The van der Waals surface area contributed by atoms with Gasteiger partial charge < -0.3 is 50.2 Å². The summed E-state index contributed by atoms with van der Waals surface area (Å²) in [7, 11) is 0. The molecule has 10 heteroatoms. The van der Waals surface area contributed by atoms with E-state index in [1.807, 2.05) is 20.8 Å². The van der Waals surface area contributed by atoms with Crippen molar-refractivity contribution in [1.29, 1.82) is 0 Å². The molecule has 166 valence electrons. The van der Waals surface area contributed by atoms with Crippen molar-refractivity contribution in [3.05, 3.63) is 24.3 Å². The highest BCUT2D eigenvalue weighted by Gasteiger charge is 2.55. The molecule has 7 N–H and O–H groups in total. The Bertz CT molecular complexity index is 634. The third-order valence-corrected chi connectivity index (χ3v) is 4.33. The molecule has 0 spiro atoms. The highest BCUT2D eigenvalue weighted by molar-refractivity contribution is 5.31. The maximum Gasteiger partial charge on any atom is 0.355 e. The predicted molar refractivity (Wildman–Crippen MR) is 101 cm³/mol. The summed E-state index contributed by atoms with van der Waals surface area (Å²) in [4.78, 5) is 0. The lowest BCUT2D eigenvalue weighted by atomic mass is 9.98. The summed E-state index contributed by atoms with van der Waals surface area (Å²) in [6.07, 6.45) is -7.39. The average molecular weight is 417 g/mol. The van der Waals surface area contributed by atoms with E-state index in [0.717, 1.165) is 0 Å². The van der Waals surface area contributed by atoms with Crippen molar-refractivity contribution in [2.24, 2.45) is 0 Å². The van der Waals surface area contributed by atoms with Crippen molar-refractivity contribution in [3.8, 4) is 11.5 Å². The first-order valence-electron chi connectivity index (χ1n) is 9.35. The van der Waals surface area contributed by atoms with Gasteiger partial charge in [0.05, 0.1) is 6.61 Å². The minimum atomic E-state index is -2.66. The van der Waals surface area contributed by atoms with Gasteiger partial charge in [-0.2, -0.15) is 0 Å². The SMILES string of the molecule is CC(C)(C)NCC(O)COc1ccc(O[C@]2(O)O[C@H](CO)[C@@H](O)[C@H](O)[C@H]2O)cc1. The second-order valence-corrected chi connectivity index (χ2v) is 8.06. The molecular weight excluding hydrogens is 386 g/mol. The topological polar surface area (TPSA) is 161 Å². The fourth-order valence-electron chi connectivity index (χ4n) is 2.66. The summed E-state index contributed by atoms with van der Waals surface area (Å²) >= 11 is 0. The summed E-state index contributed by atoms with van der Waals surface area (Å²) in [6.45, 7) is 5.70. The first-order valence-corrected chi connectivity index (χ1v) is 9.35. The van der Waals surface area contributed by atoms with Crippen LogP contribution in [0.2, 0.25) is 0 Å². The molecule has 0 aliphatic carbocycles. The number of ether oxygens (including phenoxy) is 3. The van der Waals surface area contributed by atoms with Gasteiger partial charge in [0, 0.05) is 12.1 Å². The molecule has 0 radical (unpaired) electrons. The van der Waals surface area contributed by atoms with E-state index in [1.54, 1.807) is 0 Å². The lowest BCUT2D eigenvalue weighted by Crippen LogP contribution is -2.67. The number of nitrogens with one attached hydrogen (secondary N) is 1. The Morgan fingerprint density at radius 2 is 1.69 bits per heavy atom. The summed E-state index contributed by atoms with van der Waals surface area (Å²) in [6, 6.07) is 5.89. The number of β-amino-alcohol motifs (C(OH)–C–C–N with tert-alkyl or cyclic N) is 1. The normalized spacial score (nSPS) is 31.3. The van der Waals surface area contributed by atoms with Crippen LogP contribution >= 0.6 is 0 Å². The number of hydrogen-bond donors (Lipinski definition) is 7. The summed E-state index contributed by atoms with van der Waals surface area (Å²) in [5.41, 5.74) is -0.120. The zero-order valence-electron chi connectivity index (χ0n) is 16.7. The third-order valence-electron chi connectivity index (χ3n) is 4.33. The highest BCUT2D eigenvalue weighted by atomic mass is 16.8. The quantitative estimate of drug-likeness (QED) is 0.243. The largest absolute Gasteiger partial charge is 0.491 e. The van der Waals surface area contributed by atoms with Crippen LogP contribution in [0.15, 0.2) is 24.3 Å². The number of benzene rings is 1. The van der Waals surface area contributed by atoms with Crippen molar-refractivity contribution in [1.82, 2.24) is 5.32 Å². The summed E-state index contributed by atoms with van der Waals surface area (Å²) in [5.74, 6) is -2.15. The van der Waals surface area contributed by atoms with Crippen molar-refractivity contribution in [3.63, 3.8) is 0 Å². The first-order chi connectivity index (χ1) is 13.4. The molecule has 0 saturated carbocycles. The third kappa shape index (κ3) is 6.49. The molecule has 0 amide bonds. The van der Waals surface area contributed by atoms with Gasteiger partial charge in [-0.1, -0.05) is 0 Å². The van der Waals surface area contributed by atoms with Crippen LogP contribution in [0.4, 0.5) is 0 Å². The van der Waals surface area contributed by atoms with Gasteiger partial charge in [-0.25, -0.2) is 0 Å². The Balaban J connectivity index is 1.93. The molecule has 1 fully saturated rings. The van der Waals surface area contributed by atoms with Crippen molar-refractivity contribution in [2.75, 3.05) is 19.8 Å². The predicted octanol–water partition coefficient (Wildman–Crippen LogP) is -1.69. The fourth-order valence-corrected chi connectivity index (χ4v) is 2.66. The van der Waals surface area contributed by atoms with Gasteiger partial charge >= 0.3 is 5.97 Å². The van der Waals surface area contributed by atoms with E-state index in [0.29, 0.717) is 12.3 Å². The van der Waals surface area contributed by atoms with E-state index in [9.17, 15) is 30.6 Å². The van der Waals surface area contributed by atoms with Crippen molar-refractivity contribution in [2.45, 2.75) is 62.8 Å². The van der Waals surface area contributed by atoms with E-state index in [2.05, 4.69) is 5.32 Å². The zero-order valence-corrected chi connectivity index (χ0v) is 16.7. The maximum absolute atomic E-state index is 10.4.